The largest absolute Gasteiger partial charge is 0.345 e. The summed E-state index contributed by atoms with van der Waals surface area (Å²) in [7, 11) is 0. The van der Waals surface area contributed by atoms with E-state index in [9.17, 15) is 4.79 Å². The zero-order valence-electron chi connectivity index (χ0n) is 10.5. The van der Waals surface area contributed by atoms with Crippen molar-refractivity contribution in [2.75, 3.05) is 31.1 Å². The van der Waals surface area contributed by atoms with Gasteiger partial charge in [-0.1, -0.05) is 0 Å². The van der Waals surface area contributed by atoms with Crippen LogP contribution in [0.5, 0.6) is 0 Å². The zero-order valence-corrected chi connectivity index (χ0v) is 11.4. The van der Waals surface area contributed by atoms with Gasteiger partial charge in [-0.15, -0.1) is 11.3 Å². The van der Waals surface area contributed by atoms with E-state index in [-0.39, 0.29) is 5.91 Å². The number of carbonyl (C=O) groups is 1. The molecule has 0 aromatic carbocycles. The molecule has 0 spiro atoms. The van der Waals surface area contributed by atoms with Gasteiger partial charge < -0.3 is 9.80 Å². The number of nitrogens with zero attached hydrogens (tertiary/aromatic N) is 5. The summed E-state index contributed by atoms with van der Waals surface area (Å²) in [6.45, 7) is 4.96. The van der Waals surface area contributed by atoms with Gasteiger partial charge in [-0.25, -0.2) is 4.98 Å². The molecule has 0 radical (unpaired) electrons. The van der Waals surface area contributed by atoms with Gasteiger partial charge in [-0.05, 0) is 6.92 Å². The van der Waals surface area contributed by atoms with E-state index in [2.05, 4.69) is 25.3 Å². The standard InChI is InChI=1S/C11H14N6OS/c1-8-7-19-11(13-8)17-4-2-16(3-5-17)10(18)9-6-12-15-14-9/h6-7H,2-5H2,1H3,(H,12,14,15). The molecule has 3 heterocycles. The molecule has 0 unspecified atom stereocenters. The van der Waals surface area contributed by atoms with Gasteiger partial charge >= 0.3 is 0 Å². The summed E-state index contributed by atoms with van der Waals surface area (Å²) < 4.78 is 0. The number of rotatable bonds is 2. The lowest BCUT2D eigenvalue weighted by atomic mass is 10.3. The first kappa shape index (κ1) is 12.1. The summed E-state index contributed by atoms with van der Waals surface area (Å²) in [5.74, 6) is -0.0660. The number of nitrogens with one attached hydrogen (secondary N) is 1. The van der Waals surface area contributed by atoms with Gasteiger partial charge in [0.1, 0.15) is 0 Å². The third kappa shape index (κ3) is 2.43. The minimum Gasteiger partial charge on any atom is -0.345 e. The molecule has 7 nitrogen and oxygen atoms in total. The molecule has 0 atom stereocenters. The van der Waals surface area contributed by atoms with E-state index in [1.54, 1.807) is 16.2 Å². The summed E-state index contributed by atoms with van der Waals surface area (Å²) in [6.07, 6.45) is 1.46. The monoisotopic (exact) mass is 278 g/mol. The Balaban J connectivity index is 1.62. The SMILES string of the molecule is Cc1csc(N2CCN(C(=O)c3cn[nH]n3)CC2)n1. The number of amides is 1. The highest BCUT2D eigenvalue weighted by atomic mass is 32.1. The predicted octanol–water partition coefficient (Wildman–Crippen LogP) is 0.532. The van der Waals surface area contributed by atoms with Crippen LogP contribution >= 0.6 is 11.3 Å². The summed E-state index contributed by atoms with van der Waals surface area (Å²) in [5, 5.41) is 13.0. The highest BCUT2D eigenvalue weighted by molar-refractivity contribution is 7.13. The van der Waals surface area contributed by atoms with Gasteiger partial charge in [0.05, 0.1) is 11.9 Å². The van der Waals surface area contributed by atoms with Crippen molar-refractivity contribution in [2.24, 2.45) is 0 Å². The maximum atomic E-state index is 12.1. The van der Waals surface area contributed by atoms with Gasteiger partial charge in [0.25, 0.3) is 5.91 Å². The number of thiazole rings is 1. The fourth-order valence-electron chi connectivity index (χ4n) is 2.05. The molecule has 0 aliphatic carbocycles. The summed E-state index contributed by atoms with van der Waals surface area (Å²) >= 11 is 1.65. The molecule has 1 N–H and O–H groups in total. The first-order valence-electron chi connectivity index (χ1n) is 6.06. The number of anilines is 1. The quantitative estimate of drug-likeness (QED) is 0.867. The Morgan fingerprint density at radius 3 is 2.74 bits per heavy atom. The summed E-state index contributed by atoms with van der Waals surface area (Å²) in [6, 6.07) is 0. The molecule has 8 heteroatoms. The Hall–Kier alpha value is -1.96. The summed E-state index contributed by atoms with van der Waals surface area (Å²) in [5.41, 5.74) is 1.42. The molecule has 1 aliphatic rings. The van der Waals surface area contributed by atoms with Crippen LogP contribution in [0.3, 0.4) is 0 Å². The van der Waals surface area contributed by atoms with Crippen molar-refractivity contribution in [2.45, 2.75) is 6.92 Å². The van der Waals surface area contributed by atoms with E-state index < -0.39 is 0 Å². The van der Waals surface area contributed by atoms with Crippen molar-refractivity contribution >= 4 is 22.4 Å². The number of piperazine rings is 1. The topological polar surface area (TPSA) is 78.0 Å². The molecule has 1 amide bonds. The fourth-order valence-corrected chi connectivity index (χ4v) is 2.91. The van der Waals surface area contributed by atoms with E-state index in [1.165, 1.54) is 6.20 Å². The molecule has 1 fully saturated rings. The maximum Gasteiger partial charge on any atom is 0.276 e. The fraction of sp³-hybridized carbons (Fsp3) is 0.455. The molecule has 2 aromatic heterocycles. The lowest BCUT2D eigenvalue weighted by Crippen LogP contribution is -2.48. The molecule has 0 saturated carbocycles. The summed E-state index contributed by atoms with van der Waals surface area (Å²) in [4.78, 5) is 20.6. The van der Waals surface area contributed by atoms with Crippen LogP contribution in [0.2, 0.25) is 0 Å². The van der Waals surface area contributed by atoms with Crippen LogP contribution < -0.4 is 4.90 Å². The Morgan fingerprint density at radius 1 is 1.37 bits per heavy atom. The Bertz CT molecular complexity index is 558. The smallest absolute Gasteiger partial charge is 0.276 e. The number of aromatic nitrogens is 4. The number of carbonyl (C=O) groups excluding carboxylic acids is 1. The van der Waals surface area contributed by atoms with E-state index in [0.29, 0.717) is 18.8 Å². The molecule has 1 aliphatic heterocycles. The van der Waals surface area contributed by atoms with Crippen LogP contribution in [0.25, 0.3) is 0 Å². The van der Waals surface area contributed by atoms with Crippen LogP contribution in [-0.4, -0.2) is 57.4 Å². The van der Waals surface area contributed by atoms with E-state index in [0.717, 1.165) is 23.9 Å². The van der Waals surface area contributed by atoms with Crippen LogP contribution in [0.1, 0.15) is 16.2 Å². The molecule has 2 aromatic rings. The Labute approximate surface area is 114 Å². The van der Waals surface area contributed by atoms with Crippen molar-refractivity contribution in [1.29, 1.82) is 0 Å². The van der Waals surface area contributed by atoms with Crippen molar-refractivity contribution < 1.29 is 4.79 Å². The molecule has 19 heavy (non-hydrogen) atoms. The second kappa shape index (κ2) is 4.96. The molecule has 100 valence electrons. The van der Waals surface area contributed by atoms with E-state index in [4.69, 9.17) is 0 Å². The van der Waals surface area contributed by atoms with Crippen molar-refractivity contribution in [3.8, 4) is 0 Å². The number of hydrogen-bond donors (Lipinski definition) is 1. The minimum atomic E-state index is -0.0660. The number of aryl methyl sites for hydroxylation is 1. The predicted molar refractivity (Wildman–Crippen MR) is 71.4 cm³/mol. The lowest BCUT2D eigenvalue weighted by Gasteiger charge is -2.34. The van der Waals surface area contributed by atoms with Gasteiger partial charge in [0, 0.05) is 31.6 Å². The molecule has 1 saturated heterocycles. The highest BCUT2D eigenvalue weighted by Crippen LogP contribution is 2.21. The Morgan fingerprint density at radius 2 is 2.16 bits per heavy atom. The van der Waals surface area contributed by atoms with E-state index in [1.807, 2.05) is 12.3 Å². The molecular weight excluding hydrogens is 264 g/mol. The van der Waals surface area contributed by atoms with Crippen molar-refractivity contribution in [1.82, 2.24) is 25.3 Å². The van der Waals surface area contributed by atoms with Gasteiger partial charge in [-0.2, -0.15) is 15.4 Å². The minimum absolute atomic E-state index is 0.0660. The van der Waals surface area contributed by atoms with Crippen molar-refractivity contribution in [3.05, 3.63) is 23.0 Å². The third-order valence-corrected chi connectivity index (χ3v) is 4.10. The van der Waals surface area contributed by atoms with Crippen molar-refractivity contribution in [3.63, 3.8) is 0 Å². The lowest BCUT2D eigenvalue weighted by molar-refractivity contribution is 0.0741. The molecule has 0 bridgehead atoms. The number of aromatic amines is 1. The molecule has 3 rings (SSSR count). The highest BCUT2D eigenvalue weighted by Gasteiger charge is 2.24. The van der Waals surface area contributed by atoms with Crippen LogP contribution in [0.15, 0.2) is 11.6 Å². The maximum absolute atomic E-state index is 12.1. The molecular formula is C11H14N6OS. The Kier molecular flexibility index (Phi) is 3.16. The normalized spacial score (nSPS) is 15.8. The van der Waals surface area contributed by atoms with Crippen LogP contribution in [0.4, 0.5) is 5.13 Å². The number of H-pyrrole nitrogens is 1. The van der Waals surface area contributed by atoms with Crippen LogP contribution in [-0.2, 0) is 0 Å². The van der Waals surface area contributed by atoms with Gasteiger partial charge in [0.15, 0.2) is 10.8 Å². The van der Waals surface area contributed by atoms with Gasteiger partial charge in [0.2, 0.25) is 0 Å². The second-order valence-corrected chi connectivity index (χ2v) is 5.24. The first-order chi connectivity index (χ1) is 9.24. The zero-order chi connectivity index (χ0) is 13.2. The number of hydrogen-bond acceptors (Lipinski definition) is 6. The van der Waals surface area contributed by atoms with E-state index >= 15 is 0 Å². The second-order valence-electron chi connectivity index (χ2n) is 4.41. The average molecular weight is 278 g/mol. The first-order valence-corrected chi connectivity index (χ1v) is 6.94. The third-order valence-electron chi connectivity index (χ3n) is 3.08. The van der Waals surface area contributed by atoms with Gasteiger partial charge in [-0.3, -0.25) is 4.79 Å². The van der Waals surface area contributed by atoms with Crippen LogP contribution in [0, 0.1) is 6.92 Å². The average Bonchev–Trinajstić information content (AvgIpc) is 3.09.